The van der Waals surface area contributed by atoms with Gasteiger partial charge in [-0.3, -0.25) is 4.79 Å². The largest absolute Gasteiger partial charge is 0.463 e. The van der Waals surface area contributed by atoms with E-state index >= 15 is 0 Å². The second kappa shape index (κ2) is 6.22. The summed E-state index contributed by atoms with van der Waals surface area (Å²) in [6, 6.07) is 3.40. The van der Waals surface area contributed by atoms with Crippen LogP contribution in [0.1, 0.15) is 44.1 Å². The van der Waals surface area contributed by atoms with E-state index in [1.807, 2.05) is 20.8 Å². The number of carbonyl (C=O) groups is 2. The molecule has 0 unspecified atom stereocenters. The number of ether oxygens (including phenoxy) is 1. The van der Waals surface area contributed by atoms with Crippen LogP contribution in [-0.2, 0) is 4.74 Å². The van der Waals surface area contributed by atoms with Crippen molar-refractivity contribution in [2.75, 3.05) is 13.1 Å². The summed E-state index contributed by atoms with van der Waals surface area (Å²) in [5, 5.41) is 2.85. The van der Waals surface area contributed by atoms with Gasteiger partial charge in [0.1, 0.15) is 11.3 Å². The van der Waals surface area contributed by atoms with Gasteiger partial charge >= 0.3 is 6.09 Å². The van der Waals surface area contributed by atoms with Crippen LogP contribution in [0.3, 0.4) is 0 Å². The highest BCUT2D eigenvalue weighted by Crippen LogP contribution is 2.19. The Bertz CT molecular complexity index is 712. The van der Waals surface area contributed by atoms with Crippen LogP contribution in [-0.4, -0.2) is 46.6 Å². The Balaban J connectivity index is 1.61. The lowest BCUT2D eigenvalue weighted by Crippen LogP contribution is -2.50. The minimum absolute atomic E-state index is 0.0860. The normalized spacial score (nSPS) is 18.6. The Morgan fingerprint density at radius 3 is 2.92 bits per heavy atom. The van der Waals surface area contributed by atoms with E-state index in [1.54, 1.807) is 23.3 Å². The van der Waals surface area contributed by atoms with E-state index in [4.69, 9.17) is 9.15 Å². The molecule has 7 nitrogen and oxygen atoms in total. The van der Waals surface area contributed by atoms with Gasteiger partial charge in [0.15, 0.2) is 5.58 Å². The number of aromatic amines is 1. The molecule has 3 heterocycles. The van der Waals surface area contributed by atoms with Crippen LogP contribution in [0.4, 0.5) is 4.79 Å². The Hall–Kier alpha value is -2.44. The molecule has 1 atom stereocenters. The second-order valence-corrected chi connectivity index (χ2v) is 7.12. The van der Waals surface area contributed by atoms with Crippen molar-refractivity contribution in [1.82, 2.24) is 15.2 Å². The van der Waals surface area contributed by atoms with Crippen molar-refractivity contribution >= 4 is 23.1 Å². The SMILES string of the molecule is CC(C)(C)OC(=O)N[C@@H]1CCCN(C(=O)c2cc3occc3[nH]2)C1. The molecular formula is C17H23N3O4. The van der Waals surface area contributed by atoms with Gasteiger partial charge in [0, 0.05) is 31.3 Å². The van der Waals surface area contributed by atoms with Crippen LogP contribution in [0, 0.1) is 0 Å². The molecule has 1 aliphatic heterocycles. The summed E-state index contributed by atoms with van der Waals surface area (Å²) >= 11 is 0. The lowest BCUT2D eigenvalue weighted by atomic mass is 10.1. The number of fused-ring (bicyclic) bond motifs is 1. The third-order valence-electron chi connectivity index (χ3n) is 3.90. The van der Waals surface area contributed by atoms with Crippen molar-refractivity contribution < 1.29 is 18.7 Å². The van der Waals surface area contributed by atoms with E-state index in [1.165, 1.54) is 0 Å². The van der Waals surface area contributed by atoms with E-state index in [0.29, 0.717) is 24.4 Å². The Kier molecular flexibility index (Phi) is 4.26. The maximum atomic E-state index is 12.6. The van der Waals surface area contributed by atoms with Crippen molar-refractivity contribution in [2.24, 2.45) is 0 Å². The zero-order chi connectivity index (χ0) is 17.3. The molecule has 0 aromatic carbocycles. The molecule has 2 amide bonds. The van der Waals surface area contributed by atoms with Gasteiger partial charge in [-0.05, 0) is 33.6 Å². The molecule has 0 radical (unpaired) electrons. The summed E-state index contributed by atoms with van der Waals surface area (Å²) in [5.74, 6) is -0.0860. The van der Waals surface area contributed by atoms with Gasteiger partial charge < -0.3 is 24.4 Å². The number of furan rings is 1. The van der Waals surface area contributed by atoms with E-state index in [0.717, 1.165) is 18.4 Å². The molecule has 2 aromatic heterocycles. The second-order valence-electron chi connectivity index (χ2n) is 7.12. The molecule has 1 saturated heterocycles. The first-order valence-corrected chi connectivity index (χ1v) is 8.17. The molecule has 2 N–H and O–H groups in total. The number of hydrogen-bond acceptors (Lipinski definition) is 4. The minimum atomic E-state index is -0.535. The Labute approximate surface area is 140 Å². The number of amides is 2. The summed E-state index contributed by atoms with van der Waals surface area (Å²) in [6.45, 7) is 6.61. The molecule has 1 aliphatic rings. The number of H-pyrrole nitrogens is 1. The van der Waals surface area contributed by atoms with Crippen LogP contribution >= 0.6 is 0 Å². The highest BCUT2D eigenvalue weighted by Gasteiger charge is 2.28. The molecule has 2 aromatic rings. The number of likely N-dealkylation sites (tertiary alicyclic amines) is 1. The van der Waals surface area contributed by atoms with Crippen LogP contribution < -0.4 is 5.32 Å². The standard InChI is InChI=1S/C17H23N3O4/c1-17(2,3)24-16(22)18-11-5-4-7-20(10-11)15(21)13-9-14-12(19-13)6-8-23-14/h6,8-9,11,19H,4-5,7,10H2,1-3H3,(H,18,22)/t11-/m1/s1. The van der Waals surface area contributed by atoms with Gasteiger partial charge in [0.25, 0.3) is 5.91 Å². The molecule has 7 heteroatoms. The van der Waals surface area contributed by atoms with E-state index < -0.39 is 11.7 Å². The fourth-order valence-corrected chi connectivity index (χ4v) is 2.89. The van der Waals surface area contributed by atoms with Crippen LogP contribution in [0.5, 0.6) is 0 Å². The highest BCUT2D eigenvalue weighted by molar-refractivity contribution is 5.96. The molecule has 130 valence electrons. The van der Waals surface area contributed by atoms with Gasteiger partial charge in [-0.1, -0.05) is 0 Å². The number of nitrogens with one attached hydrogen (secondary N) is 2. The van der Waals surface area contributed by atoms with Crippen LogP contribution in [0.15, 0.2) is 22.8 Å². The monoisotopic (exact) mass is 333 g/mol. The van der Waals surface area contributed by atoms with Gasteiger partial charge in [-0.15, -0.1) is 0 Å². The number of aromatic nitrogens is 1. The van der Waals surface area contributed by atoms with Crippen molar-refractivity contribution in [2.45, 2.75) is 45.3 Å². The van der Waals surface area contributed by atoms with Gasteiger partial charge in [-0.2, -0.15) is 0 Å². The van der Waals surface area contributed by atoms with Crippen LogP contribution in [0.25, 0.3) is 11.1 Å². The molecule has 0 bridgehead atoms. The zero-order valence-corrected chi connectivity index (χ0v) is 14.2. The number of rotatable bonds is 2. The lowest BCUT2D eigenvalue weighted by molar-refractivity contribution is 0.0451. The Morgan fingerprint density at radius 2 is 2.21 bits per heavy atom. The predicted molar refractivity (Wildman–Crippen MR) is 88.9 cm³/mol. The zero-order valence-electron chi connectivity index (χ0n) is 14.2. The van der Waals surface area contributed by atoms with E-state index in [9.17, 15) is 9.59 Å². The van der Waals surface area contributed by atoms with Crippen molar-refractivity contribution in [3.63, 3.8) is 0 Å². The van der Waals surface area contributed by atoms with Crippen molar-refractivity contribution in [3.05, 3.63) is 24.1 Å². The fraction of sp³-hybridized carbons (Fsp3) is 0.529. The Morgan fingerprint density at radius 1 is 1.42 bits per heavy atom. The number of piperidine rings is 1. The molecule has 3 rings (SSSR count). The number of carbonyl (C=O) groups excluding carboxylic acids is 2. The molecule has 0 spiro atoms. The van der Waals surface area contributed by atoms with E-state index in [2.05, 4.69) is 10.3 Å². The third-order valence-corrected chi connectivity index (χ3v) is 3.90. The first kappa shape index (κ1) is 16.4. The average Bonchev–Trinajstić information content (AvgIpc) is 3.05. The van der Waals surface area contributed by atoms with Crippen molar-refractivity contribution in [1.29, 1.82) is 0 Å². The quantitative estimate of drug-likeness (QED) is 0.884. The van der Waals surface area contributed by atoms with E-state index in [-0.39, 0.29) is 11.9 Å². The predicted octanol–water partition coefficient (Wildman–Crippen LogP) is 2.89. The molecule has 24 heavy (non-hydrogen) atoms. The highest BCUT2D eigenvalue weighted by atomic mass is 16.6. The number of hydrogen-bond donors (Lipinski definition) is 2. The maximum Gasteiger partial charge on any atom is 0.407 e. The first-order chi connectivity index (χ1) is 11.3. The average molecular weight is 333 g/mol. The molecule has 0 aliphatic carbocycles. The summed E-state index contributed by atoms with van der Waals surface area (Å²) in [7, 11) is 0. The number of nitrogens with zero attached hydrogens (tertiary/aromatic N) is 1. The topological polar surface area (TPSA) is 87.6 Å². The molecular weight excluding hydrogens is 310 g/mol. The smallest absolute Gasteiger partial charge is 0.407 e. The first-order valence-electron chi connectivity index (χ1n) is 8.17. The van der Waals surface area contributed by atoms with Crippen molar-refractivity contribution in [3.8, 4) is 0 Å². The summed E-state index contributed by atoms with van der Waals surface area (Å²) < 4.78 is 10.6. The third kappa shape index (κ3) is 3.72. The summed E-state index contributed by atoms with van der Waals surface area (Å²) in [6.07, 6.45) is 2.80. The van der Waals surface area contributed by atoms with Crippen LogP contribution in [0.2, 0.25) is 0 Å². The maximum absolute atomic E-state index is 12.6. The fourth-order valence-electron chi connectivity index (χ4n) is 2.89. The summed E-state index contributed by atoms with van der Waals surface area (Å²) in [4.78, 5) is 29.3. The molecule has 0 saturated carbocycles. The number of alkyl carbamates (subject to hydrolysis) is 1. The van der Waals surface area contributed by atoms with Gasteiger partial charge in [-0.25, -0.2) is 4.79 Å². The van der Waals surface area contributed by atoms with Gasteiger partial charge in [0.05, 0.1) is 11.8 Å². The summed E-state index contributed by atoms with van der Waals surface area (Å²) in [5.41, 5.74) is 1.44. The lowest BCUT2D eigenvalue weighted by Gasteiger charge is -2.33. The molecule has 1 fully saturated rings. The van der Waals surface area contributed by atoms with Gasteiger partial charge in [0.2, 0.25) is 0 Å². The minimum Gasteiger partial charge on any atom is -0.463 e.